The van der Waals surface area contributed by atoms with E-state index in [2.05, 4.69) is 10.3 Å². The molecule has 0 atom stereocenters. The molecule has 6 nitrogen and oxygen atoms in total. The minimum Gasteiger partial charge on any atom is -0.481 e. The number of carboxylic acid groups (broad SMARTS) is 1. The maximum absolute atomic E-state index is 11.9. The molecule has 1 aliphatic carbocycles. The minimum absolute atomic E-state index is 0.148. The number of hydrogen-bond acceptors (Lipinski definition) is 5. The van der Waals surface area contributed by atoms with Crippen LogP contribution in [0.5, 0.6) is 0 Å². The van der Waals surface area contributed by atoms with Crippen LogP contribution in [-0.2, 0) is 4.79 Å². The quantitative estimate of drug-likeness (QED) is 0.879. The van der Waals surface area contributed by atoms with Gasteiger partial charge >= 0.3 is 5.97 Å². The van der Waals surface area contributed by atoms with E-state index < -0.39 is 11.4 Å². The zero-order valence-corrected chi connectivity index (χ0v) is 11.3. The average molecular weight is 292 g/mol. The molecular formula is C13H12N2O4S. The maximum atomic E-state index is 11.9. The number of furan rings is 1. The number of aliphatic carboxylic acids is 1. The lowest BCUT2D eigenvalue weighted by molar-refractivity contribution is -0.143. The lowest BCUT2D eigenvalue weighted by atomic mass is 10.1. The molecule has 104 valence electrons. The van der Waals surface area contributed by atoms with Crippen molar-refractivity contribution in [3.05, 3.63) is 29.5 Å². The van der Waals surface area contributed by atoms with E-state index in [0.717, 1.165) is 0 Å². The molecule has 0 radical (unpaired) electrons. The normalized spacial score (nSPS) is 15.8. The van der Waals surface area contributed by atoms with Gasteiger partial charge in [0.2, 0.25) is 0 Å². The van der Waals surface area contributed by atoms with Crippen LogP contribution in [0.3, 0.4) is 0 Å². The summed E-state index contributed by atoms with van der Waals surface area (Å²) in [4.78, 5) is 27.1. The topological polar surface area (TPSA) is 92.4 Å². The van der Waals surface area contributed by atoms with E-state index in [1.54, 1.807) is 23.8 Å². The molecule has 0 bridgehead atoms. The molecule has 7 heteroatoms. The fourth-order valence-electron chi connectivity index (χ4n) is 1.85. The summed E-state index contributed by atoms with van der Waals surface area (Å²) in [6.07, 6.45) is 2.76. The van der Waals surface area contributed by atoms with Gasteiger partial charge in [-0.2, -0.15) is 0 Å². The number of hydrogen-bond donors (Lipinski definition) is 2. The van der Waals surface area contributed by atoms with Crippen LogP contribution in [0.4, 0.5) is 0 Å². The third-order valence-electron chi connectivity index (χ3n) is 3.36. The third kappa shape index (κ3) is 2.32. The Bertz CT molecular complexity index is 643. The first-order valence-electron chi connectivity index (χ1n) is 6.12. The predicted molar refractivity (Wildman–Crippen MR) is 71.5 cm³/mol. The Balaban J connectivity index is 1.65. The van der Waals surface area contributed by atoms with Gasteiger partial charge in [0.1, 0.15) is 5.69 Å². The van der Waals surface area contributed by atoms with Gasteiger partial charge in [-0.1, -0.05) is 0 Å². The van der Waals surface area contributed by atoms with Crippen LogP contribution in [0, 0.1) is 5.41 Å². The van der Waals surface area contributed by atoms with E-state index in [4.69, 9.17) is 9.52 Å². The number of carboxylic acids is 1. The molecule has 1 saturated carbocycles. The van der Waals surface area contributed by atoms with Crippen LogP contribution in [0.1, 0.15) is 23.3 Å². The molecule has 0 aromatic carbocycles. The largest absolute Gasteiger partial charge is 0.481 e. The molecule has 0 aliphatic heterocycles. The minimum atomic E-state index is -0.854. The summed E-state index contributed by atoms with van der Waals surface area (Å²) in [5.74, 6) is -0.600. The maximum Gasteiger partial charge on any atom is 0.311 e. The van der Waals surface area contributed by atoms with Gasteiger partial charge in [0.05, 0.1) is 11.7 Å². The molecule has 0 saturated heterocycles. The SMILES string of the molecule is O=C(NCC1(C(=O)O)CC1)c1csc(-c2ccco2)n1. The number of nitrogens with one attached hydrogen (secondary N) is 1. The number of nitrogens with zero attached hydrogens (tertiary/aromatic N) is 1. The third-order valence-corrected chi connectivity index (χ3v) is 4.22. The first kappa shape index (κ1) is 12.9. The summed E-state index contributed by atoms with van der Waals surface area (Å²) in [5, 5.41) is 13.9. The highest BCUT2D eigenvalue weighted by atomic mass is 32.1. The highest BCUT2D eigenvalue weighted by Crippen LogP contribution is 2.45. The van der Waals surface area contributed by atoms with Crippen LogP contribution in [0.25, 0.3) is 10.8 Å². The lowest BCUT2D eigenvalue weighted by Gasteiger charge is -2.09. The van der Waals surface area contributed by atoms with Crippen LogP contribution >= 0.6 is 11.3 Å². The summed E-state index contributed by atoms with van der Waals surface area (Å²) in [7, 11) is 0. The molecule has 0 spiro atoms. The van der Waals surface area contributed by atoms with Crippen molar-refractivity contribution in [3.8, 4) is 10.8 Å². The molecule has 0 unspecified atom stereocenters. The van der Waals surface area contributed by atoms with E-state index in [1.165, 1.54) is 11.3 Å². The van der Waals surface area contributed by atoms with Crippen LogP contribution in [-0.4, -0.2) is 28.5 Å². The zero-order chi connectivity index (χ0) is 14.2. The van der Waals surface area contributed by atoms with Gasteiger partial charge in [-0.25, -0.2) is 4.98 Å². The van der Waals surface area contributed by atoms with E-state index in [1.807, 2.05) is 0 Å². The Labute approximate surface area is 118 Å². The first-order chi connectivity index (χ1) is 9.61. The van der Waals surface area contributed by atoms with Crippen molar-refractivity contribution >= 4 is 23.2 Å². The van der Waals surface area contributed by atoms with Crippen LogP contribution in [0.2, 0.25) is 0 Å². The van der Waals surface area contributed by atoms with E-state index in [0.29, 0.717) is 23.6 Å². The van der Waals surface area contributed by atoms with Crippen molar-refractivity contribution in [2.24, 2.45) is 5.41 Å². The van der Waals surface area contributed by atoms with E-state index >= 15 is 0 Å². The van der Waals surface area contributed by atoms with Crippen molar-refractivity contribution in [1.82, 2.24) is 10.3 Å². The number of thiazole rings is 1. The Morgan fingerprint density at radius 3 is 2.90 bits per heavy atom. The van der Waals surface area contributed by atoms with Crippen molar-refractivity contribution < 1.29 is 19.1 Å². The highest BCUT2D eigenvalue weighted by molar-refractivity contribution is 7.13. The summed E-state index contributed by atoms with van der Waals surface area (Å²) < 4.78 is 5.21. The van der Waals surface area contributed by atoms with Gasteiger partial charge in [0.25, 0.3) is 5.91 Å². The van der Waals surface area contributed by atoms with Gasteiger partial charge in [-0.15, -0.1) is 11.3 Å². The Morgan fingerprint density at radius 2 is 2.30 bits per heavy atom. The van der Waals surface area contributed by atoms with Crippen molar-refractivity contribution in [3.63, 3.8) is 0 Å². The Morgan fingerprint density at radius 1 is 1.50 bits per heavy atom. The van der Waals surface area contributed by atoms with Gasteiger partial charge in [0.15, 0.2) is 10.8 Å². The monoisotopic (exact) mass is 292 g/mol. The lowest BCUT2D eigenvalue weighted by Crippen LogP contribution is -2.34. The van der Waals surface area contributed by atoms with Crippen LogP contribution in [0.15, 0.2) is 28.2 Å². The predicted octanol–water partition coefficient (Wildman–Crippen LogP) is 2.00. The smallest absolute Gasteiger partial charge is 0.311 e. The van der Waals surface area contributed by atoms with Crippen LogP contribution < -0.4 is 5.32 Å². The number of aromatic nitrogens is 1. The number of rotatable bonds is 5. The average Bonchev–Trinajstić information content (AvgIpc) is 2.87. The van der Waals surface area contributed by atoms with Gasteiger partial charge < -0.3 is 14.8 Å². The fourth-order valence-corrected chi connectivity index (χ4v) is 2.61. The molecular weight excluding hydrogens is 280 g/mol. The van der Waals surface area contributed by atoms with Gasteiger partial charge in [-0.05, 0) is 25.0 Å². The second-order valence-corrected chi connectivity index (χ2v) is 5.64. The molecule has 2 aromatic rings. The molecule has 20 heavy (non-hydrogen) atoms. The standard InChI is InChI=1S/C13H12N2O4S/c16-10(14-7-13(3-4-13)12(17)18)8-6-20-11(15-8)9-2-1-5-19-9/h1-2,5-6H,3-4,7H2,(H,14,16)(H,17,18). The zero-order valence-electron chi connectivity index (χ0n) is 10.5. The van der Waals surface area contributed by atoms with Gasteiger partial charge in [-0.3, -0.25) is 9.59 Å². The summed E-state index contributed by atoms with van der Waals surface area (Å²) in [6.45, 7) is 0.148. The molecule has 1 fully saturated rings. The fraction of sp³-hybridized carbons (Fsp3) is 0.308. The van der Waals surface area contributed by atoms with Gasteiger partial charge in [0, 0.05) is 11.9 Å². The molecule has 2 aromatic heterocycles. The summed E-state index contributed by atoms with van der Waals surface area (Å²) in [5.41, 5.74) is -0.488. The first-order valence-corrected chi connectivity index (χ1v) is 7.00. The second kappa shape index (κ2) is 4.75. The Hall–Kier alpha value is -2.15. The van der Waals surface area contributed by atoms with E-state index in [9.17, 15) is 9.59 Å². The second-order valence-electron chi connectivity index (χ2n) is 4.78. The highest BCUT2D eigenvalue weighted by Gasteiger charge is 2.50. The molecule has 2 heterocycles. The molecule has 1 aliphatic rings. The van der Waals surface area contributed by atoms with Crippen molar-refractivity contribution in [2.45, 2.75) is 12.8 Å². The van der Waals surface area contributed by atoms with E-state index in [-0.39, 0.29) is 18.1 Å². The Kier molecular flexibility index (Phi) is 3.06. The number of carbonyl (C=O) groups excluding carboxylic acids is 1. The summed E-state index contributed by atoms with van der Waals surface area (Å²) >= 11 is 1.31. The molecule has 3 rings (SSSR count). The number of amides is 1. The molecule has 1 amide bonds. The molecule has 2 N–H and O–H groups in total. The van der Waals surface area contributed by atoms with Crippen molar-refractivity contribution in [1.29, 1.82) is 0 Å². The van der Waals surface area contributed by atoms with Crippen molar-refractivity contribution in [2.75, 3.05) is 6.54 Å². The summed E-state index contributed by atoms with van der Waals surface area (Å²) in [6, 6.07) is 3.52. The number of carbonyl (C=O) groups is 2.